The van der Waals surface area contributed by atoms with E-state index in [4.69, 9.17) is 34.3 Å². The Morgan fingerprint density at radius 1 is 1.26 bits per heavy atom. The van der Waals surface area contributed by atoms with Crippen molar-refractivity contribution in [1.29, 1.82) is 5.41 Å². The zero-order chi connectivity index (χ0) is 13.8. The molecule has 98 valence electrons. The number of nitrogens with one attached hydrogen (secondary N) is 1. The Morgan fingerprint density at radius 3 is 2.74 bits per heavy atom. The lowest BCUT2D eigenvalue weighted by atomic mass is 10.2. The van der Waals surface area contributed by atoms with E-state index in [-0.39, 0.29) is 5.84 Å². The van der Waals surface area contributed by atoms with Gasteiger partial charge in [0.25, 0.3) is 0 Å². The third-order valence-corrected chi connectivity index (χ3v) is 4.21. The summed E-state index contributed by atoms with van der Waals surface area (Å²) in [6.45, 7) is 0. The second kappa shape index (κ2) is 6.28. The number of hydrogen-bond acceptors (Lipinski definition) is 3. The zero-order valence-corrected chi connectivity index (χ0v) is 12.2. The maximum Gasteiger partial charge on any atom is 0.142 e. The van der Waals surface area contributed by atoms with E-state index < -0.39 is 0 Å². The zero-order valence-electron chi connectivity index (χ0n) is 9.86. The van der Waals surface area contributed by atoms with Crippen LogP contribution in [0.4, 0.5) is 0 Å². The Balaban J connectivity index is 2.14. The largest absolute Gasteiger partial charge is 0.382 e. The first-order chi connectivity index (χ1) is 9.08. The van der Waals surface area contributed by atoms with Crippen molar-refractivity contribution in [3.05, 3.63) is 57.8 Å². The van der Waals surface area contributed by atoms with Gasteiger partial charge in [-0.1, -0.05) is 29.3 Å². The van der Waals surface area contributed by atoms with Crippen molar-refractivity contribution in [3.8, 4) is 0 Å². The summed E-state index contributed by atoms with van der Waals surface area (Å²) < 4.78 is 0. The molecule has 0 spiro atoms. The van der Waals surface area contributed by atoms with E-state index in [2.05, 4.69) is 4.98 Å². The third-order valence-electron chi connectivity index (χ3n) is 2.43. The van der Waals surface area contributed by atoms with Gasteiger partial charge in [-0.15, -0.1) is 11.8 Å². The molecule has 0 unspecified atom stereocenters. The standard InChI is InChI=1S/C13H11Cl2N3S/c14-10-4-3-9(6-11(10)15)19-7-8-2-1-5-18-12(8)13(16)17/h1-6H,7H2,(H3,16,17). The summed E-state index contributed by atoms with van der Waals surface area (Å²) in [4.78, 5) is 5.12. The van der Waals surface area contributed by atoms with Gasteiger partial charge in [0.05, 0.1) is 10.0 Å². The number of nitrogens with two attached hydrogens (primary N) is 1. The minimum atomic E-state index is -0.0228. The Bertz CT molecular complexity index is 617. The minimum Gasteiger partial charge on any atom is -0.382 e. The Morgan fingerprint density at radius 2 is 2.05 bits per heavy atom. The number of benzene rings is 1. The average molecular weight is 312 g/mol. The van der Waals surface area contributed by atoms with Crippen molar-refractivity contribution in [3.63, 3.8) is 0 Å². The predicted octanol–water partition coefficient (Wildman–Crippen LogP) is 3.96. The monoisotopic (exact) mass is 311 g/mol. The summed E-state index contributed by atoms with van der Waals surface area (Å²) in [6.07, 6.45) is 1.63. The fraction of sp³-hybridized carbons (Fsp3) is 0.0769. The minimum absolute atomic E-state index is 0.0228. The van der Waals surface area contributed by atoms with Crippen molar-refractivity contribution >= 4 is 40.8 Å². The Hall–Kier alpha value is -1.23. The molecule has 0 atom stereocenters. The number of amidine groups is 1. The molecule has 0 fully saturated rings. The molecule has 0 saturated heterocycles. The van der Waals surface area contributed by atoms with E-state index in [1.54, 1.807) is 24.0 Å². The summed E-state index contributed by atoms with van der Waals surface area (Å²) in [5.41, 5.74) is 6.95. The molecule has 0 aliphatic carbocycles. The summed E-state index contributed by atoms with van der Waals surface area (Å²) >= 11 is 13.4. The lowest BCUT2D eigenvalue weighted by molar-refractivity contribution is 1.19. The highest BCUT2D eigenvalue weighted by Crippen LogP contribution is 2.30. The van der Waals surface area contributed by atoms with Gasteiger partial charge in [0.1, 0.15) is 11.5 Å². The van der Waals surface area contributed by atoms with Crippen molar-refractivity contribution in [1.82, 2.24) is 4.98 Å². The molecule has 0 saturated carbocycles. The molecule has 3 N–H and O–H groups in total. The maximum absolute atomic E-state index is 7.49. The predicted molar refractivity (Wildman–Crippen MR) is 81.3 cm³/mol. The van der Waals surface area contributed by atoms with Gasteiger partial charge in [0.2, 0.25) is 0 Å². The molecule has 19 heavy (non-hydrogen) atoms. The van der Waals surface area contributed by atoms with Crippen LogP contribution in [0, 0.1) is 5.41 Å². The van der Waals surface area contributed by atoms with Crippen molar-refractivity contribution in [2.24, 2.45) is 5.73 Å². The van der Waals surface area contributed by atoms with E-state index in [0.717, 1.165) is 10.5 Å². The van der Waals surface area contributed by atoms with Crippen LogP contribution in [0.2, 0.25) is 10.0 Å². The van der Waals surface area contributed by atoms with Crippen LogP contribution < -0.4 is 5.73 Å². The van der Waals surface area contributed by atoms with Crippen LogP contribution in [0.1, 0.15) is 11.3 Å². The van der Waals surface area contributed by atoms with Gasteiger partial charge in [0, 0.05) is 16.8 Å². The van der Waals surface area contributed by atoms with E-state index in [0.29, 0.717) is 21.5 Å². The number of pyridine rings is 1. The maximum atomic E-state index is 7.49. The number of thioether (sulfide) groups is 1. The highest BCUT2D eigenvalue weighted by molar-refractivity contribution is 7.98. The topological polar surface area (TPSA) is 62.8 Å². The van der Waals surface area contributed by atoms with Crippen LogP contribution in [-0.2, 0) is 5.75 Å². The molecular formula is C13H11Cl2N3S. The lowest BCUT2D eigenvalue weighted by Gasteiger charge is -2.07. The van der Waals surface area contributed by atoms with E-state index in [9.17, 15) is 0 Å². The van der Waals surface area contributed by atoms with Crippen LogP contribution in [0.15, 0.2) is 41.4 Å². The van der Waals surface area contributed by atoms with E-state index >= 15 is 0 Å². The van der Waals surface area contributed by atoms with Gasteiger partial charge in [-0.3, -0.25) is 10.4 Å². The number of halogens is 2. The quantitative estimate of drug-likeness (QED) is 0.510. The van der Waals surface area contributed by atoms with Gasteiger partial charge in [-0.05, 0) is 29.8 Å². The number of hydrogen-bond donors (Lipinski definition) is 2. The molecule has 6 heteroatoms. The van der Waals surface area contributed by atoms with Gasteiger partial charge in [0.15, 0.2) is 0 Å². The lowest BCUT2D eigenvalue weighted by Crippen LogP contribution is -2.15. The normalized spacial score (nSPS) is 10.4. The van der Waals surface area contributed by atoms with E-state index in [1.807, 2.05) is 24.3 Å². The molecule has 0 amide bonds. The molecule has 2 aromatic rings. The van der Waals surface area contributed by atoms with Gasteiger partial charge in [-0.25, -0.2) is 0 Å². The number of aromatic nitrogens is 1. The molecule has 0 radical (unpaired) electrons. The molecule has 0 aliphatic heterocycles. The SMILES string of the molecule is N=C(N)c1ncccc1CSc1ccc(Cl)c(Cl)c1. The summed E-state index contributed by atoms with van der Waals surface area (Å²) in [5, 5.41) is 8.56. The molecule has 3 nitrogen and oxygen atoms in total. The first kappa shape index (κ1) is 14.2. The fourth-order valence-corrected chi connectivity index (χ4v) is 2.81. The average Bonchev–Trinajstić information content (AvgIpc) is 2.40. The molecular weight excluding hydrogens is 301 g/mol. The molecule has 1 heterocycles. The van der Waals surface area contributed by atoms with Crippen LogP contribution >= 0.6 is 35.0 Å². The van der Waals surface area contributed by atoms with Crippen molar-refractivity contribution in [2.45, 2.75) is 10.6 Å². The Kier molecular flexibility index (Phi) is 4.69. The number of nitrogens with zero attached hydrogens (tertiary/aromatic N) is 1. The molecule has 0 bridgehead atoms. The second-order valence-corrected chi connectivity index (χ2v) is 5.65. The smallest absolute Gasteiger partial charge is 0.142 e. The second-order valence-electron chi connectivity index (χ2n) is 3.79. The molecule has 2 rings (SSSR count). The van der Waals surface area contributed by atoms with Gasteiger partial charge >= 0.3 is 0 Å². The first-order valence-corrected chi connectivity index (χ1v) is 7.18. The van der Waals surface area contributed by atoms with Crippen molar-refractivity contribution < 1.29 is 0 Å². The van der Waals surface area contributed by atoms with Crippen LogP contribution in [-0.4, -0.2) is 10.8 Å². The number of nitrogen functional groups attached to an aromatic ring is 1. The number of rotatable bonds is 4. The van der Waals surface area contributed by atoms with Crippen LogP contribution in [0.3, 0.4) is 0 Å². The third kappa shape index (κ3) is 3.62. The molecule has 1 aromatic heterocycles. The highest BCUT2D eigenvalue weighted by Gasteiger charge is 2.07. The molecule has 0 aliphatic rings. The van der Waals surface area contributed by atoms with Gasteiger partial charge in [-0.2, -0.15) is 0 Å². The first-order valence-electron chi connectivity index (χ1n) is 5.44. The summed E-state index contributed by atoms with van der Waals surface area (Å²) in [5.74, 6) is 0.645. The summed E-state index contributed by atoms with van der Waals surface area (Å²) in [7, 11) is 0. The molecule has 1 aromatic carbocycles. The van der Waals surface area contributed by atoms with Gasteiger partial charge < -0.3 is 5.73 Å². The fourth-order valence-electron chi connectivity index (χ4n) is 1.53. The summed E-state index contributed by atoms with van der Waals surface area (Å²) in [6, 6.07) is 9.23. The highest BCUT2D eigenvalue weighted by atomic mass is 35.5. The Labute approximate surface area is 125 Å². The van der Waals surface area contributed by atoms with Crippen LogP contribution in [0.25, 0.3) is 0 Å². The van der Waals surface area contributed by atoms with Crippen LogP contribution in [0.5, 0.6) is 0 Å². The van der Waals surface area contributed by atoms with E-state index in [1.165, 1.54) is 0 Å². The van der Waals surface area contributed by atoms with Crippen molar-refractivity contribution in [2.75, 3.05) is 0 Å².